The summed E-state index contributed by atoms with van der Waals surface area (Å²) in [5.41, 5.74) is 2.16. The first-order chi connectivity index (χ1) is 10.1. The molecule has 0 spiro atoms. The van der Waals surface area contributed by atoms with E-state index in [4.69, 9.17) is 4.74 Å². The van der Waals surface area contributed by atoms with Gasteiger partial charge in [0, 0.05) is 10.0 Å². The Hall–Kier alpha value is -2.33. The minimum absolute atomic E-state index is 0.192. The largest absolute Gasteiger partial charge is 0.508 e. The maximum absolute atomic E-state index is 11.9. The molecule has 0 aliphatic carbocycles. The Morgan fingerprint density at radius 3 is 2.33 bits per heavy atom. The summed E-state index contributed by atoms with van der Waals surface area (Å²) in [5.74, 6) is 0.357. The highest BCUT2D eigenvalue weighted by atomic mass is 79.9. The van der Waals surface area contributed by atoms with Crippen LogP contribution in [0.4, 0.5) is 0 Å². The Kier molecular flexibility index (Phi) is 3.62. The molecule has 21 heavy (non-hydrogen) atoms. The molecule has 1 aliphatic heterocycles. The molecule has 0 fully saturated rings. The third-order valence-corrected chi connectivity index (χ3v) is 3.60. The molecule has 4 heteroatoms. The first-order valence-electron chi connectivity index (χ1n) is 6.32. The topological polar surface area (TPSA) is 46.5 Å². The van der Waals surface area contributed by atoms with Gasteiger partial charge in [0.2, 0.25) is 0 Å². The Morgan fingerprint density at radius 2 is 1.67 bits per heavy atom. The SMILES string of the molecule is O=C1OC(c2ccc(Br)cc2)=C/C1=C\c1ccc(O)cc1. The maximum Gasteiger partial charge on any atom is 0.343 e. The summed E-state index contributed by atoms with van der Waals surface area (Å²) in [7, 11) is 0. The quantitative estimate of drug-likeness (QED) is 0.659. The average Bonchev–Trinajstić information content (AvgIpc) is 2.83. The molecule has 0 aromatic heterocycles. The van der Waals surface area contributed by atoms with Crippen molar-refractivity contribution in [3.8, 4) is 5.75 Å². The van der Waals surface area contributed by atoms with Gasteiger partial charge in [-0.25, -0.2) is 4.79 Å². The summed E-state index contributed by atoms with van der Waals surface area (Å²) in [4.78, 5) is 11.9. The van der Waals surface area contributed by atoms with Gasteiger partial charge >= 0.3 is 5.97 Å². The first kappa shape index (κ1) is 13.6. The van der Waals surface area contributed by atoms with Gasteiger partial charge in [-0.2, -0.15) is 0 Å². The second kappa shape index (κ2) is 5.58. The van der Waals surface area contributed by atoms with E-state index in [2.05, 4.69) is 15.9 Å². The second-order valence-corrected chi connectivity index (χ2v) is 5.51. The van der Waals surface area contributed by atoms with Crippen LogP contribution in [0.2, 0.25) is 0 Å². The van der Waals surface area contributed by atoms with Crippen LogP contribution in [-0.4, -0.2) is 11.1 Å². The number of carbonyl (C=O) groups is 1. The Bertz CT molecular complexity index is 741. The van der Waals surface area contributed by atoms with E-state index in [0.29, 0.717) is 11.3 Å². The van der Waals surface area contributed by atoms with Crippen molar-refractivity contribution in [1.29, 1.82) is 0 Å². The van der Waals surface area contributed by atoms with E-state index in [0.717, 1.165) is 15.6 Å². The molecule has 0 unspecified atom stereocenters. The molecule has 0 saturated heterocycles. The Balaban J connectivity index is 1.91. The molecule has 3 nitrogen and oxygen atoms in total. The number of carbonyl (C=O) groups excluding carboxylic acids is 1. The van der Waals surface area contributed by atoms with Crippen LogP contribution in [0, 0.1) is 0 Å². The number of phenolic OH excluding ortho intramolecular Hbond substituents is 1. The highest BCUT2D eigenvalue weighted by molar-refractivity contribution is 9.10. The maximum atomic E-state index is 11.9. The van der Waals surface area contributed by atoms with Gasteiger partial charge in [-0.1, -0.05) is 40.2 Å². The van der Waals surface area contributed by atoms with E-state index < -0.39 is 0 Å². The smallest absolute Gasteiger partial charge is 0.343 e. The number of ether oxygens (including phenoxy) is 1. The zero-order valence-electron chi connectivity index (χ0n) is 10.9. The number of phenols is 1. The Labute approximate surface area is 130 Å². The lowest BCUT2D eigenvalue weighted by Crippen LogP contribution is -1.97. The zero-order chi connectivity index (χ0) is 14.8. The number of halogens is 1. The van der Waals surface area contributed by atoms with E-state index in [1.807, 2.05) is 24.3 Å². The van der Waals surface area contributed by atoms with E-state index >= 15 is 0 Å². The lowest BCUT2D eigenvalue weighted by atomic mass is 10.1. The van der Waals surface area contributed by atoms with E-state index in [1.165, 1.54) is 0 Å². The van der Waals surface area contributed by atoms with Gasteiger partial charge in [-0.05, 0) is 42.0 Å². The first-order valence-corrected chi connectivity index (χ1v) is 7.12. The summed E-state index contributed by atoms with van der Waals surface area (Å²) in [6, 6.07) is 14.2. The summed E-state index contributed by atoms with van der Waals surface area (Å²) in [5, 5.41) is 9.25. The number of aromatic hydroxyl groups is 1. The van der Waals surface area contributed by atoms with Crippen molar-refractivity contribution < 1.29 is 14.6 Å². The normalized spacial score (nSPS) is 16.0. The number of benzene rings is 2. The number of hydrogen-bond acceptors (Lipinski definition) is 3. The van der Waals surface area contributed by atoms with Gasteiger partial charge < -0.3 is 9.84 Å². The van der Waals surface area contributed by atoms with Crippen LogP contribution in [0.1, 0.15) is 11.1 Å². The predicted molar refractivity (Wildman–Crippen MR) is 84.3 cm³/mol. The van der Waals surface area contributed by atoms with Gasteiger partial charge in [-0.15, -0.1) is 0 Å². The summed E-state index contributed by atoms with van der Waals surface area (Å²) >= 11 is 3.37. The van der Waals surface area contributed by atoms with Crippen molar-refractivity contribution >= 4 is 33.7 Å². The van der Waals surface area contributed by atoms with Crippen LogP contribution in [0.5, 0.6) is 5.75 Å². The van der Waals surface area contributed by atoms with Gasteiger partial charge in [0.25, 0.3) is 0 Å². The molecule has 0 amide bonds. The minimum Gasteiger partial charge on any atom is -0.508 e. The predicted octanol–water partition coefficient (Wildman–Crippen LogP) is 4.14. The van der Waals surface area contributed by atoms with Gasteiger partial charge in [0.05, 0.1) is 5.57 Å². The van der Waals surface area contributed by atoms with Crippen molar-refractivity contribution in [3.63, 3.8) is 0 Å². The highest BCUT2D eigenvalue weighted by Gasteiger charge is 2.21. The lowest BCUT2D eigenvalue weighted by Gasteiger charge is -2.01. The fraction of sp³-hybridized carbons (Fsp3) is 0. The summed E-state index contributed by atoms with van der Waals surface area (Å²) < 4.78 is 6.25. The average molecular weight is 343 g/mol. The molecule has 3 rings (SSSR count). The lowest BCUT2D eigenvalue weighted by molar-refractivity contribution is -0.130. The molecule has 0 atom stereocenters. The van der Waals surface area contributed by atoms with Crippen LogP contribution in [-0.2, 0) is 9.53 Å². The molecule has 0 radical (unpaired) electrons. The van der Waals surface area contributed by atoms with Crippen molar-refractivity contribution in [2.24, 2.45) is 0 Å². The number of esters is 1. The molecular formula is C17H11BrO3. The molecule has 1 aliphatic rings. The fourth-order valence-electron chi connectivity index (χ4n) is 2.00. The van der Waals surface area contributed by atoms with Crippen LogP contribution >= 0.6 is 15.9 Å². The van der Waals surface area contributed by atoms with Crippen molar-refractivity contribution in [1.82, 2.24) is 0 Å². The fourth-order valence-corrected chi connectivity index (χ4v) is 2.26. The minimum atomic E-state index is -0.374. The summed E-state index contributed by atoms with van der Waals surface area (Å²) in [6.45, 7) is 0. The second-order valence-electron chi connectivity index (χ2n) is 4.60. The van der Waals surface area contributed by atoms with E-state index in [9.17, 15) is 9.90 Å². The monoisotopic (exact) mass is 342 g/mol. The Morgan fingerprint density at radius 1 is 1.00 bits per heavy atom. The third-order valence-electron chi connectivity index (χ3n) is 3.07. The number of rotatable bonds is 2. The van der Waals surface area contributed by atoms with Crippen LogP contribution in [0.3, 0.4) is 0 Å². The standard InChI is InChI=1S/C17H11BrO3/c18-14-5-3-12(4-6-14)16-10-13(17(20)21-16)9-11-1-7-15(19)8-2-11/h1-10,19H/b13-9+. The molecular weight excluding hydrogens is 332 g/mol. The van der Waals surface area contributed by atoms with Crippen LogP contribution < -0.4 is 0 Å². The summed E-state index contributed by atoms with van der Waals surface area (Å²) in [6.07, 6.45) is 3.45. The molecule has 0 saturated carbocycles. The van der Waals surface area contributed by atoms with E-state index in [1.54, 1.807) is 36.4 Å². The highest BCUT2D eigenvalue weighted by Crippen LogP contribution is 2.28. The van der Waals surface area contributed by atoms with E-state index in [-0.39, 0.29) is 11.7 Å². The van der Waals surface area contributed by atoms with Gasteiger partial charge in [0.15, 0.2) is 0 Å². The van der Waals surface area contributed by atoms with Crippen LogP contribution in [0.15, 0.2) is 64.7 Å². The van der Waals surface area contributed by atoms with Gasteiger partial charge in [0.1, 0.15) is 11.5 Å². The number of cyclic esters (lactones) is 1. The molecule has 2 aromatic carbocycles. The van der Waals surface area contributed by atoms with Crippen molar-refractivity contribution in [2.45, 2.75) is 0 Å². The third kappa shape index (κ3) is 3.06. The molecule has 1 heterocycles. The molecule has 2 aromatic rings. The van der Waals surface area contributed by atoms with Crippen molar-refractivity contribution in [2.75, 3.05) is 0 Å². The van der Waals surface area contributed by atoms with Crippen LogP contribution in [0.25, 0.3) is 11.8 Å². The molecule has 1 N–H and O–H groups in total. The van der Waals surface area contributed by atoms with Gasteiger partial charge in [-0.3, -0.25) is 0 Å². The zero-order valence-corrected chi connectivity index (χ0v) is 12.5. The molecule has 104 valence electrons. The molecule has 0 bridgehead atoms. The number of hydrogen-bond donors (Lipinski definition) is 1. The van der Waals surface area contributed by atoms with Crippen molar-refractivity contribution in [3.05, 3.63) is 75.8 Å².